The van der Waals surface area contributed by atoms with Crippen LogP contribution in [0.2, 0.25) is 0 Å². The summed E-state index contributed by atoms with van der Waals surface area (Å²) in [6.45, 7) is 7.54. The second-order valence-corrected chi connectivity index (χ2v) is 5.51. The molecule has 0 radical (unpaired) electrons. The first-order valence-corrected chi connectivity index (χ1v) is 8.20. The first kappa shape index (κ1) is 15.7. The summed E-state index contributed by atoms with van der Waals surface area (Å²) in [5.41, 5.74) is 1.15. The monoisotopic (exact) mass is 315 g/mol. The molecule has 3 nitrogen and oxygen atoms in total. The highest BCUT2D eigenvalue weighted by Gasteiger charge is 2.09. The van der Waals surface area contributed by atoms with Crippen molar-refractivity contribution in [3.8, 4) is 0 Å². The van der Waals surface area contributed by atoms with E-state index in [0.717, 1.165) is 30.4 Å². The van der Waals surface area contributed by atoms with Crippen molar-refractivity contribution in [3.05, 3.63) is 18.0 Å². The van der Waals surface area contributed by atoms with Gasteiger partial charge in [-0.15, -0.1) is 0 Å². The highest BCUT2D eigenvalue weighted by atomic mass is 79.9. The van der Waals surface area contributed by atoms with Crippen molar-refractivity contribution in [2.24, 2.45) is 0 Å². The van der Waals surface area contributed by atoms with E-state index in [4.69, 9.17) is 0 Å². The minimum absolute atomic E-state index is 0.545. The Balaban J connectivity index is 2.48. The molecule has 1 heterocycles. The van der Waals surface area contributed by atoms with Crippen LogP contribution in [0.3, 0.4) is 0 Å². The van der Waals surface area contributed by atoms with Crippen molar-refractivity contribution in [2.75, 3.05) is 5.33 Å². The van der Waals surface area contributed by atoms with Crippen LogP contribution in [0.1, 0.15) is 58.2 Å². The number of alkyl halides is 1. The predicted molar refractivity (Wildman–Crippen MR) is 81.2 cm³/mol. The maximum Gasteiger partial charge on any atom is 0.0762 e. The molecule has 0 bridgehead atoms. The summed E-state index contributed by atoms with van der Waals surface area (Å²) >= 11 is 3.50. The number of aromatic nitrogens is 2. The third-order valence-electron chi connectivity index (χ3n) is 3.50. The fourth-order valence-corrected chi connectivity index (χ4v) is 2.72. The second-order valence-electron chi connectivity index (χ2n) is 4.72. The third kappa shape index (κ3) is 4.73. The predicted octanol–water partition coefficient (Wildman–Crippen LogP) is 3.90. The van der Waals surface area contributed by atoms with Crippen LogP contribution in [0.15, 0.2) is 12.3 Å². The molecular weight excluding hydrogens is 290 g/mol. The molecule has 1 atom stereocenters. The summed E-state index contributed by atoms with van der Waals surface area (Å²) in [5, 5.41) is 9.29. The molecule has 0 aliphatic rings. The van der Waals surface area contributed by atoms with Crippen molar-refractivity contribution in [1.29, 1.82) is 0 Å². The van der Waals surface area contributed by atoms with Crippen LogP contribution in [0.4, 0.5) is 0 Å². The molecule has 0 aliphatic heterocycles. The normalized spacial score (nSPS) is 13.2. The Hall–Kier alpha value is -0.350. The Morgan fingerprint density at radius 3 is 2.56 bits per heavy atom. The van der Waals surface area contributed by atoms with Crippen molar-refractivity contribution >= 4 is 15.9 Å². The van der Waals surface area contributed by atoms with E-state index in [1.807, 2.05) is 0 Å². The van der Waals surface area contributed by atoms with E-state index in [1.54, 1.807) is 0 Å². The third-order valence-corrected chi connectivity index (χ3v) is 3.96. The van der Waals surface area contributed by atoms with Crippen LogP contribution in [0, 0.1) is 0 Å². The fourth-order valence-electron chi connectivity index (χ4n) is 2.17. The molecule has 1 aromatic rings. The van der Waals surface area contributed by atoms with E-state index < -0.39 is 0 Å². The highest BCUT2D eigenvalue weighted by Crippen LogP contribution is 2.14. The fraction of sp³-hybridized carbons (Fsp3) is 0.786. The number of hydrogen-bond donors (Lipinski definition) is 1. The van der Waals surface area contributed by atoms with Crippen LogP contribution in [-0.4, -0.2) is 21.2 Å². The molecule has 0 aliphatic carbocycles. The zero-order valence-electron chi connectivity index (χ0n) is 11.8. The number of halogens is 1. The van der Waals surface area contributed by atoms with Crippen molar-refractivity contribution in [3.63, 3.8) is 0 Å². The maximum absolute atomic E-state index is 4.66. The Bertz CT molecular complexity index is 321. The molecule has 0 saturated carbocycles. The number of nitrogens with one attached hydrogen (secondary N) is 1. The summed E-state index contributed by atoms with van der Waals surface area (Å²) in [6, 6.07) is 3.26. The molecule has 104 valence electrons. The molecule has 1 rings (SSSR count). The van der Waals surface area contributed by atoms with E-state index in [0.29, 0.717) is 12.1 Å². The Morgan fingerprint density at radius 1 is 1.28 bits per heavy atom. The molecule has 0 aromatic carbocycles. The minimum atomic E-state index is 0.545. The lowest BCUT2D eigenvalue weighted by molar-refractivity contribution is 0.420. The van der Waals surface area contributed by atoms with Gasteiger partial charge >= 0.3 is 0 Å². The van der Waals surface area contributed by atoms with Crippen LogP contribution in [0.25, 0.3) is 0 Å². The van der Waals surface area contributed by atoms with Crippen molar-refractivity contribution in [1.82, 2.24) is 15.1 Å². The number of hydrogen-bond acceptors (Lipinski definition) is 2. The van der Waals surface area contributed by atoms with Gasteiger partial charge in [-0.1, -0.05) is 36.7 Å². The van der Waals surface area contributed by atoms with Gasteiger partial charge in [0.1, 0.15) is 0 Å². The lowest BCUT2D eigenvalue weighted by Crippen LogP contribution is -2.28. The number of rotatable bonds is 9. The summed E-state index contributed by atoms with van der Waals surface area (Å²) in [4.78, 5) is 0. The molecule has 1 unspecified atom stereocenters. The van der Waals surface area contributed by atoms with E-state index in [9.17, 15) is 0 Å². The van der Waals surface area contributed by atoms with E-state index in [2.05, 4.69) is 64.1 Å². The summed E-state index contributed by atoms with van der Waals surface area (Å²) < 4.78 is 2.11. The zero-order chi connectivity index (χ0) is 13.4. The first-order chi connectivity index (χ1) is 8.74. The van der Waals surface area contributed by atoms with Crippen LogP contribution >= 0.6 is 15.9 Å². The Kier molecular flexibility index (Phi) is 7.59. The van der Waals surface area contributed by atoms with E-state index in [1.165, 1.54) is 12.8 Å². The van der Waals surface area contributed by atoms with Crippen molar-refractivity contribution < 1.29 is 0 Å². The molecular formula is C14H26BrN3. The summed E-state index contributed by atoms with van der Waals surface area (Å²) in [7, 11) is 0. The second kappa shape index (κ2) is 8.70. The van der Waals surface area contributed by atoms with Gasteiger partial charge in [0.2, 0.25) is 0 Å². The van der Waals surface area contributed by atoms with Gasteiger partial charge in [0.15, 0.2) is 0 Å². The summed E-state index contributed by atoms with van der Waals surface area (Å²) in [5.74, 6) is 0. The molecule has 0 spiro atoms. The van der Waals surface area contributed by atoms with E-state index >= 15 is 0 Å². The quantitative estimate of drug-likeness (QED) is 0.700. The van der Waals surface area contributed by atoms with Gasteiger partial charge in [-0.2, -0.15) is 5.10 Å². The van der Waals surface area contributed by atoms with Crippen LogP contribution in [0.5, 0.6) is 0 Å². The van der Waals surface area contributed by atoms with Gasteiger partial charge in [0, 0.05) is 24.1 Å². The lowest BCUT2D eigenvalue weighted by Gasteiger charge is -2.15. The molecule has 0 amide bonds. The van der Waals surface area contributed by atoms with Gasteiger partial charge in [-0.25, -0.2) is 0 Å². The average Bonchev–Trinajstić information content (AvgIpc) is 2.85. The largest absolute Gasteiger partial charge is 0.308 e. The van der Waals surface area contributed by atoms with Gasteiger partial charge in [0.25, 0.3) is 0 Å². The lowest BCUT2D eigenvalue weighted by atomic mass is 10.2. The standard InChI is InChI=1S/C14H26BrN3/c1-4-12(7-9-15)16-11-13-8-10-18(17-13)14(5-2)6-3/h8,10,12,14,16H,4-7,9,11H2,1-3H3. The minimum Gasteiger partial charge on any atom is -0.308 e. The van der Waals surface area contributed by atoms with Crippen LogP contribution < -0.4 is 5.32 Å². The SMILES string of the molecule is CCC(CCBr)NCc1ccn(C(CC)CC)n1. The summed E-state index contributed by atoms with van der Waals surface area (Å²) in [6.07, 6.45) is 6.74. The molecule has 1 aromatic heterocycles. The molecule has 1 N–H and O–H groups in total. The number of nitrogens with zero attached hydrogens (tertiary/aromatic N) is 2. The maximum atomic E-state index is 4.66. The van der Waals surface area contributed by atoms with Gasteiger partial charge < -0.3 is 5.32 Å². The highest BCUT2D eigenvalue weighted by molar-refractivity contribution is 9.09. The van der Waals surface area contributed by atoms with Gasteiger partial charge in [-0.05, 0) is 31.7 Å². The Labute approximate surface area is 119 Å². The molecule has 18 heavy (non-hydrogen) atoms. The van der Waals surface area contributed by atoms with Crippen molar-refractivity contribution in [2.45, 2.75) is 65.1 Å². The smallest absolute Gasteiger partial charge is 0.0762 e. The zero-order valence-corrected chi connectivity index (χ0v) is 13.4. The molecule has 0 saturated heterocycles. The molecule has 0 fully saturated rings. The first-order valence-electron chi connectivity index (χ1n) is 7.08. The van der Waals surface area contributed by atoms with Gasteiger partial charge in [0.05, 0.1) is 11.7 Å². The average molecular weight is 316 g/mol. The Morgan fingerprint density at radius 2 is 2.00 bits per heavy atom. The van der Waals surface area contributed by atoms with E-state index in [-0.39, 0.29) is 0 Å². The topological polar surface area (TPSA) is 29.9 Å². The van der Waals surface area contributed by atoms with Gasteiger partial charge in [-0.3, -0.25) is 4.68 Å². The molecule has 4 heteroatoms. The van der Waals surface area contributed by atoms with Crippen LogP contribution in [-0.2, 0) is 6.54 Å².